The molecule has 1 N–H and O–H groups in total. The van der Waals surface area contributed by atoms with Gasteiger partial charge in [0.15, 0.2) is 5.72 Å². The van der Waals surface area contributed by atoms with Crippen LogP contribution >= 0.6 is 11.6 Å². The number of benzene rings is 2. The zero-order chi connectivity index (χ0) is 23.4. The first-order valence-electron chi connectivity index (χ1n) is 12.5. The lowest BCUT2D eigenvalue weighted by molar-refractivity contribution is -0.177. The number of H-pyrrole nitrogens is 1. The van der Waals surface area contributed by atoms with Crippen molar-refractivity contribution in [2.45, 2.75) is 64.7 Å². The molecule has 0 aliphatic carbocycles. The molecule has 1 spiro atoms. The number of carbonyl (C=O) groups excluding carboxylic acids is 1. The van der Waals surface area contributed by atoms with Crippen molar-refractivity contribution in [3.05, 3.63) is 63.3 Å². The van der Waals surface area contributed by atoms with Crippen molar-refractivity contribution in [3.63, 3.8) is 0 Å². The molecule has 0 radical (unpaired) electrons. The normalized spacial score (nSPS) is 24.1. The largest absolute Gasteiger partial charge is 0.472 e. The molecule has 2 unspecified atom stereocenters. The quantitative estimate of drug-likeness (QED) is 0.447. The van der Waals surface area contributed by atoms with Crippen LogP contribution in [-0.4, -0.2) is 34.7 Å². The van der Waals surface area contributed by atoms with Gasteiger partial charge in [-0.1, -0.05) is 41.9 Å². The van der Waals surface area contributed by atoms with E-state index >= 15 is 0 Å². The number of fused-ring (bicyclic) bond motifs is 3. The fourth-order valence-corrected chi connectivity index (χ4v) is 6.76. The van der Waals surface area contributed by atoms with E-state index in [0.717, 1.165) is 71.4 Å². The van der Waals surface area contributed by atoms with E-state index < -0.39 is 0 Å². The Morgan fingerprint density at radius 1 is 1.21 bits per heavy atom. The van der Waals surface area contributed by atoms with Gasteiger partial charge in [0.2, 0.25) is 0 Å². The van der Waals surface area contributed by atoms with Crippen LogP contribution in [0.25, 0.3) is 10.9 Å². The van der Waals surface area contributed by atoms with Crippen molar-refractivity contribution in [1.82, 2.24) is 9.88 Å². The van der Waals surface area contributed by atoms with E-state index in [2.05, 4.69) is 9.88 Å². The number of aromatic amines is 1. The van der Waals surface area contributed by atoms with Gasteiger partial charge in [0.25, 0.3) is 0 Å². The Morgan fingerprint density at radius 2 is 2.00 bits per heavy atom. The number of esters is 1. The monoisotopic (exact) mass is 478 g/mol. The van der Waals surface area contributed by atoms with Gasteiger partial charge in [-0.05, 0) is 51.5 Å². The molecule has 0 bridgehead atoms. The van der Waals surface area contributed by atoms with Crippen LogP contribution in [-0.2, 0) is 17.8 Å². The summed E-state index contributed by atoms with van der Waals surface area (Å²) in [5.74, 6) is 0.970. The standard InChI is InChI=1S/C28H31ClN2O3/c1-17-24(29)25-23(22(18(2)30-25)27(32)33-16-19-9-4-3-5-10-19)21-15-20-11-8-14-31-13-7-6-12-28(20,31)34-26(17)21/h3-5,9-10,20,30H,6-8,11-16H2,1-2H3. The number of nitrogens with one attached hydrogen (secondary N) is 1. The second kappa shape index (κ2) is 8.31. The van der Waals surface area contributed by atoms with Crippen LogP contribution in [0.3, 0.4) is 0 Å². The first-order chi connectivity index (χ1) is 16.5. The average molecular weight is 479 g/mol. The van der Waals surface area contributed by atoms with Crippen molar-refractivity contribution < 1.29 is 14.3 Å². The van der Waals surface area contributed by atoms with Crippen LogP contribution < -0.4 is 4.74 Å². The summed E-state index contributed by atoms with van der Waals surface area (Å²) in [6, 6.07) is 9.78. The molecule has 34 heavy (non-hydrogen) atoms. The third-order valence-electron chi connectivity index (χ3n) is 8.17. The minimum absolute atomic E-state index is 0.232. The van der Waals surface area contributed by atoms with Gasteiger partial charge in [0.1, 0.15) is 12.4 Å². The zero-order valence-corrected chi connectivity index (χ0v) is 20.6. The maximum Gasteiger partial charge on any atom is 0.340 e. The van der Waals surface area contributed by atoms with Crippen LogP contribution in [0.5, 0.6) is 5.75 Å². The van der Waals surface area contributed by atoms with E-state index in [4.69, 9.17) is 21.1 Å². The van der Waals surface area contributed by atoms with E-state index in [1.54, 1.807) is 0 Å². The topological polar surface area (TPSA) is 54.6 Å². The average Bonchev–Trinajstić information content (AvgIpc) is 3.21. The van der Waals surface area contributed by atoms with E-state index in [-0.39, 0.29) is 18.3 Å². The van der Waals surface area contributed by atoms with Crippen LogP contribution in [0.2, 0.25) is 5.02 Å². The molecule has 3 aliphatic heterocycles. The van der Waals surface area contributed by atoms with Crippen molar-refractivity contribution in [1.29, 1.82) is 0 Å². The van der Waals surface area contributed by atoms with E-state index in [9.17, 15) is 4.79 Å². The molecule has 6 rings (SSSR count). The molecule has 5 nitrogen and oxygen atoms in total. The van der Waals surface area contributed by atoms with Gasteiger partial charge in [-0.3, -0.25) is 4.90 Å². The number of aryl methyl sites for hydroxylation is 1. The summed E-state index contributed by atoms with van der Waals surface area (Å²) in [6.45, 7) is 6.40. The number of halogens is 1. The highest BCUT2D eigenvalue weighted by Crippen LogP contribution is 2.52. The van der Waals surface area contributed by atoms with E-state index in [0.29, 0.717) is 16.5 Å². The molecular formula is C28H31ClN2O3. The molecule has 2 aromatic carbocycles. The highest BCUT2D eigenvalue weighted by molar-refractivity contribution is 6.37. The van der Waals surface area contributed by atoms with Gasteiger partial charge >= 0.3 is 5.97 Å². The summed E-state index contributed by atoms with van der Waals surface area (Å²) >= 11 is 6.90. The van der Waals surface area contributed by atoms with Gasteiger partial charge in [-0.15, -0.1) is 0 Å². The number of piperidine rings is 2. The molecule has 3 aliphatic rings. The Kier molecular flexibility index (Phi) is 5.38. The van der Waals surface area contributed by atoms with Crippen molar-refractivity contribution in [3.8, 4) is 5.75 Å². The maximum absolute atomic E-state index is 13.4. The molecule has 0 saturated carbocycles. The molecule has 1 aromatic heterocycles. The Labute approximate surface area is 205 Å². The van der Waals surface area contributed by atoms with Crippen molar-refractivity contribution in [2.75, 3.05) is 13.1 Å². The smallest absolute Gasteiger partial charge is 0.340 e. The minimum Gasteiger partial charge on any atom is -0.472 e. The molecule has 6 heteroatoms. The number of rotatable bonds is 3. The number of carbonyl (C=O) groups is 1. The lowest BCUT2D eigenvalue weighted by Gasteiger charge is -2.56. The second-order valence-electron chi connectivity index (χ2n) is 10.1. The third kappa shape index (κ3) is 3.28. The SMILES string of the molecule is Cc1[nH]c2c(Cl)c(C)c3c(c2c1C(=O)OCc1ccccc1)CC1CCCN2CCCCC12O3. The molecule has 3 aromatic rings. The van der Waals surface area contributed by atoms with Crippen molar-refractivity contribution >= 4 is 28.5 Å². The van der Waals surface area contributed by atoms with E-state index in [1.165, 1.54) is 19.3 Å². The van der Waals surface area contributed by atoms with Crippen LogP contribution in [0.15, 0.2) is 30.3 Å². The highest BCUT2D eigenvalue weighted by atomic mass is 35.5. The summed E-state index contributed by atoms with van der Waals surface area (Å²) in [4.78, 5) is 19.3. The molecule has 178 valence electrons. The first-order valence-corrected chi connectivity index (χ1v) is 12.9. The minimum atomic E-state index is -0.321. The maximum atomic E-state index is 13.4. The van der Waals surface area contributed by atoms with Crippen LogP contribution in [0, 0.1) is 19.8 Å². The molecular weight excluding hydrogens is 448 g/mol. The second-order valence-corrected chi connectivity index (χ2v) is 10.5. The van der Waals surface area contributed by atoms with Gasteiger partial charge in [0.05, 0.1) is 16.1 Å². The molecule has 2 saturated heterocycles. The lowest BCUT2D eigenvalue weighted by Crippen LogP contribution is -2.64. The Balaban J connectivity index is 1.45. The number of hydrogen-bond acceptors (Lipinski definition) is 4. The van der Waals surface area contributed by atoms with Gasteiger partial charge in [-0.2, -0.15) is 0 Å². The fraction of sp³-hybridized carbons (Fsp3) is 0.464. The summed E-state index contributed by atoms with van der Waals surface area (Å²) in [7, 11) is 0. The number of aromatic nitrogens is 1. The van der Waals surface area contributed by atoms with E-state index in [1.807, 2.05) is 44.2 Å². The predicted molar refractivity (Wildman–Crippen MR) is 134 cm³/mol. The molecule has 4 heterocycles. The third-order valence-corrected chi connectivity index (χ3v) is 8.64. The van der Waals surface area contributed by atoms with Gasteiger partial charge in [-0.25, -0.2) is 4.79 Å². The summed E-state index contributed by atoms with van der Waals surface area (Å²) in [6.07, 6.45) is 6.73. The summed E-state index contributed by atoms with van der Waals surface area (Å²) in [5, 5.41) is 1.51. The summed E-state index contributed by atoms with van der Waals surface area (Å²) < 4.78 is 12.8. The molecule has 2 atom stereocenters. The molecule has 0 amide bonds. The Hall–Kier alpha value is -2.50. The lowest BCUT2D eigenvalue weighted by atomic mass is 9.74. The highest BCUT2D eigenvalue weighted by Gasteiger charge is 2.52. The number of hydrogen-bond donors (Lipinski definition) is 1. The van der Waals surface area contributed by atoms with Gasteiger partial charge < -0.3 is 14.5 Å². The van der Waals surface area contributed by atoms with Crippen LogP contribution in [0.4, 0.5) is 0 Å². The fourth-order valence-electron chi connectivity index (χ4n) is 6.53. The summed E-state index contributed by atoms with van der Waals surface area (Å²) in [5.41, 5.74) is 4.98. The zero-order valence-electron chi connectivity index (χ0n) is 19.9. The van der Waals surface area contributed by atoms with Crippen molar-refractivity contribution in [2.24, 2.45) is 5.92 Å². The number of ether oxygens (including phenoxy) is 2. The predicted octanol–water partition coefficient (Wildman–Crippen LogP) is 6.32. The number of nitrogens with zero attached hydrogens (tertiary/aromatic N) is 1. The molecule has 2 fully saturated rings. The Bertz CT molecular complexity index is 1270. The Morgan fingerprint density at radius 3 is 2.82 bits per heavy atom. The van der Waals surface area contributed by atoms with Gasteiger partial charge in [0, 0.05) is 47.6 Å². The van der Waals surface area contributed by atoms with Crippen LogP contribution in [0.1, 0.15) is 64.8 Å². The first kappa shape index (κ1) is 22.0.